The molecule has 2 aromatic rings. The van der Waals surface area contributed by atoms with E-state index >= 15 is 0 Å². The van der Waals surface area contributed by atoms with E-state index in [0.717, 1.165) is 28.8 Å². The number of aromatic nitrogens is 1. The van der Waals surface area contributed by atoms with Crippen LogP contribution in [0.5, 0.6) is 0 Å². The normalized spacial score (nSPS) is 13.2. The number of para-hydroxylation sites is 1. The van der Waals surface area contributed by atoms with Crippen molar-refractivity contribution in [2.24, 2.45) is 12.0 Å². The lowest BCUT2D eigenvalue weighted by Crippen LogP contribution is -2.45. The van der Waals surface area contributed by atoms with Crippen molar-refractivity contribution in [2.75, 3.05) is 32.1 Å². The fourth-order valence-corrected chi connectivity index (χ4v) is 3.84. The van der Waals surface area contributed by atoms with Crippen molar-refractivity contribution in [1.29, 1.82) is 0 Å². The van der Waals surface area contributed by atoms with Gasteiger partial charge in [0.1, 0.15) is 0 Å². The summed E-state index contributed by atoms with van der Waals surface area (Å²) in [6.07, 6.45) is 2.94. The van der Waals surface area contributed by atoms with Gasteiger partial charge in [0.15, 0.2) is 5.96 Å². The Morgan fingerprint density at radius 2 is 2.11 bits per heavy atom. The Bertz CT molecular complexity index is 835. The summed E-state index contributed by atoms with van der Waals surface area (Å²) in [4.78, 5) is 20.8. The summed E-state index contributed by atoms with van der Waals surface area (Å²) in [5.41, 5.74) is 3.41. The monoisotopic (exact) mass is 545 g/mol. The van der Waals surface area contributed by atoms with Gasteiger partial charge in [-0.2, -0.15) is 0 Å². The van der Waals surface area contributed by atoms with Gasteiger partial charge in [0.25, 0.3) is 0 Å². The van der Waals surface area contributed by atoms with Crippen molar-refractivity contribution in [3.05, 3.63) is 52.3 Å². The molecule has 0 radical (unpaired) electrons. The summed E-state index contributed by atoms with van der Waals surface area (Å²) in [6.45, 7) is 1.66. The number of guanidine groups is 1. The highest BCUT2D eigenvalue weighted by atomic mass is 127. The Labute approximate surface area is 185 Å². The van der Waals surface area contributed by atoms with Crippen molar-refractivity contribution < 1.29 is 4.79 Å². The highest BCUT2D eigenvalue weighted by Gasteiger charge is 2.24. The molecular formula is C19H25BrIN5O. The minimum absolute atomic E-state index is 0. The van der Waals surface area contributed by atoms with Gasteiger partial charge in [-0.25, -0.2) is 0 Å². The first kappa shape index (κ1) is 21.7. The molecule has 1 aromatic heterocycles. The summed E-state index contributed by atoms with van der Waals surface area (Å²) in [6, 6.07) is 10.2. The fraction of sp³-hybridized carbons (Fsp3) is 0.368. The molecule has 1 amide bonds. The standard InChI is InChI=1S/C19H24BrN5O.HI/c1-21-19(24(3)13-16-10-15(20)12-23(16)2)22-11-18(26)25-9-8-14-6-4-5-7-17(14)25;/h4-7,10,12H,8-9,11,13H2,1-3H3,(H,21,22);1H. The van der Waals surface area contributed by atoms with Crippen molar-refractivity contribution in [3.8, 4) is 0 Å². The summed E-state index contributed by atoms with van der Waals surface area (Å²) >= 11 is 3.49. The lowest BCUT2D eigenvalue weighted by atomic mass is 10.2. The van der Waals surface area contributed by atoms with Crippen molar-refractivity contribution in [2.45, 2.75) is 13.0 Å². The molecule has 27 heavy (non-hydrogen) atoms. The molecule has 1 aromatic carbocycles. The van der Waals surface area contributed by atoms with Gasteiger partial charge in [0.05, 0.1) is 13.1 Å². The van der Waals surface area contributed by atoms with Gasteiger partial charge < -0.3 is 19.7 Å². The Morgan fingerprint density at radius 1 is 1.37 bits per heavy atom. The fourth-order valence-electron chi connectivity index (χ4n) is 3.27. The van der Waals surface area contributed by atoms with Gasteiger partial charge in [-0.05, 0) is 40.0 Å². The molecule has 0 fully saturated rings. The zero-order valence-electron chi connectivity index (χ0n) is 15.8. The van der Waals surface area contributed by atoms with Crippen LogP contribution in [0, 0.1) is 0 Å². The first-order valence-corrected chi connectivity index (χ1v) is 9.39. The number of benzene rings is 1. The van der Waals surface area contributed by atoms with Gasteiger partial charge in [0, 0.05) is 49.7 Å². The number of rotatable bonds is 4. The molecular weight excluding hydrogens is 521 g/mol. The van der Waals surface area contributed by atoms with E-state index in [1.807, 2.05) is 48.3 Å². The van der Waals surface area contributed by atoms with Gasteiger partial charge in [-0.1, -0.05) is 18.2 Å². The molecule has 6 nitrogen and oxygen atoms in total. The molecule has 3 rings (SSSR count). The van der Waals surface area contributed by atoms with Crippen LogP contribution in [0.4, 0.5) is 5.69 Å². The third-order valence-electron chi connectivity index (χ3n) is 4.63. The maximum atomic E-state index is 12.6. The number of hydrogen-bond donors (Lipinski definition) is 1. The van der Waals surface area contributed by atoms with E-state index in [0.29, 0.717) is 12.5 Å². The number of hydrogen-bond acceptors (Lipinski definition) is 2. The number of nitrogens with one attached hydrogen (secondary N) is 1. The molecule has 146 valence electrons. The summed E-state index contributed by atoms with van der Waals surface area (Å²) < 4.78 is 3.12. The van der Waals surface area contributed by atoms with Crippen molar-refractivity contribution in [1.82, 2.24) is 14.8 Å². The van der Waals surface area contributed by atoms with Crippen LogP contribution in [0.3, 0.4) is 0 Å². The van der Waals surface area contributed by atoms with Gasteiger partial charge >= 0.3 is 0 Å². The maximum absolute atomic E-state index is 12.6. The molecule has 0 atom stereocenters. The molecule has 8 heteroatoms. The van der Waals surface area contributed by atoms with E-state index in [9.17, 15) is 4.79 Å². The zero-order valence-corrected chi connectivity index (χ0v) is 19.7. The molecule has 1 aliphatic rings. The summed E-state index contributed by atoms with van der Waals surface area (Å²) in [5, 5.41) is 3.19. The molecule has 0 bridgehead atoms. The van der Waals surface area contributed by atoms with Crippen LogP contribution in [-0.4, -0.2) is 48.5 Å². The van der Waals surface area contributed by atoms with Crippen LogP contribution in [0.15, 0.2) is 46.0 Å². The van der Waals surface area contributed by atoms with Gasteiger partial charge in [0.2, 0.25) is 5.91 Å². The van der Waals surface area contributed by atoms with Gasteiger partial charge in [-0.3, -0.25) is 9.79 Å². The predicted octanol–water partition coefficient (Wildman–Crippen LogP) is 3.00. The largest absolute Gasteiger partial charge is 0.352 e. The number of nitrogens with zero attached hydrogens (tertiary/aromatic N) is 4. The van der Waals surface area contributed by atoms with Crippen LogP contribution in [0.2, 0.25) is 0 Å². The quantitative estimate of drug-likeness (QED) is 0.365. The van der Waals surface area contributed by atoms with E-state index < -0.39 is 0 Å². The molecule has 0 spiro atoms. The Morgan fingerprint density at radius 3 is 2.78 bits per heavy atom. The maximum Gasteiger partial charge on any atom is 0.246 e. The van der Waals surface area contributed by atoms with Crippen LogP contribution < -0.4 is 10.2 Å². The molecule has 0 aliphatic carbocycles. The first-order valence-electron chi connectivity index (χ1n) is 8.60. The van der Waals surface area contributed by atoms with Crippen molar-refractivity contribution in [3.63, 3.8) is 0 Å². The SMILES string of the molecule is CN=C(NCC(=O)N1CCc2ccccc21)N(C)Cc1cc(Br)cn1C.I. The third-order valence-corrected chi connectivity index (χ3v) is 5.07. The third kappa shape index (κ3) is 5.04. The lowest BCUT2D eigenvalue weighted by molar-refractivity contribution is -0.117. The van der Waals surface area contributed by atoms with E-state index in [2.05, 4.69) is 42.9 Å². The van der Waals surface area contributed by atoms with Crippen LogP contribution in [-0.2, 0) is 24.8 Å². The Hall–Kier alpha value is -1.55. The predicted molar refractivity (Wildman–Crippen MR) is 124 cm³/mol. The molecule has 1 aliphatic heterocycles. The topological polar surface area (TPSA) is 52.9 Å². The second kappa shape index (κ2) is 9.59. The molecule has 0 saturated carbocycles. The number of fused-ring (bicyclic) bond motifs is 1. The van der Waals surface area contributed by atoms with Crippen LogP contribution in [0.25, 0.3) is 0 Å². The van der Waals surface area contributed by atoms with Gasteiger partial charge in [-0.15, -0.1) is 24.0 Å². The number of amides is 1. The highest BCUT2D eigenvalue weighted by Crippen LogP contribution is 2.27. The summed E-state index contributed by atoms with van der Waals surface area (Å²) in [7, 11) is 5.71. The van der Waals surface area contributed by atoms with E-state index in [1.54, 1.807) is 7.05 Å². The minimum atomic E-state index is 0. The number of carbonyl (C=O) groups is 1. The number of halogens is 2. The molecule has 2 heterocycles. The number of carbonyl (C=O) groups excluding carboxylic acids is 1. The van der Waals surface area contributed by atoms with E-state index in [1.165, 1.54) is 5.56 Å². The average Bonchev–Trinajstić information content (AvgIpc) is 3.18. The molecule has 0 saturated heterocycles. The Kier molecular flexibility index (Phi) is 7.72. The highest BCUT2D eigenvalue weighted by molar-refractivity contribution is 14.0. The molecule has 0 unspecified atom stereocenters. The number of aryl methyl sites for hydroxylation is 1. The minimum Gasteiger partial charge on any atom is -0.352 e. The van der Waals surface area contributed by atoms with E-state index in [4.69, 9.17) is 0 Å². The first-order chi connectivity index (χ1) is 12.5. The second-order valence-corrected chi connectivity index (χ2v) is 7.36. The van der Waals surface area contributed by atoms with Crippen LogP contribution in [0.1, 0.15) is 11.3 Å². The second-order valence-electron chi connectivity index (χ2n) is 6.44. The Balaban J connectivity index is 0.00000261. The smallest absolute Gasteiger partial charge is 0.246 e. The van der Waals surface area contributed by atoms with E-state index in [-0.39, 0.29) is 36.4 Å². The average molecular weight is 546 g/mol. The number of anilines is 1. The van der Waals surface area contributed by atoms with Crippen molar-refractivity contribution >= 4 is 57.5 Å². The molecule has 1 N–H and O–H groups in total. The lowest BCUT2D eigenvalue weighted by Gasteiger charge is -2.23. The van der Waals surface area contributed by atoms with Crippen LogP contribution >= 0.6 is 39.9 Å². The summed E-state index contributed by atoms with van der Waals surface area (Å²) in [5.74, 6) is 0.759. The zero-order chi connectivity index (χ0) is 18.7. The number of aliphatic imine (C=N–C) groups is 1.